The van der Waals surface area contributed by atoms with E-state index < -0.39 is 0 Å². The molecule has 0 atom stereocenters. The Morgan fingerprint density at radius 1 is 0.676 bits per heavy atom. The first-order chi connectivity index (χ1) is 18.1. The van der Waals surface area contributed by atoms with Gasteiger partial charge in [-0.3, -0.25) is 9.59 Å². The van der Waals surface area contributed by atoms with Crippen LogP contribution in [0.25, 0.3) is 44.7 Å². The van der Waals surface area contributed by atoms with Crippen LogP contribution in [0, 0.1) is 0 Å². The van der Waals surface area contributed by atoms with E-state index in [0.717, 1.165) is 33.9 Å². The van der Waals surface area contributed by atoms with Crippen molar-refractivity contribution in [2.24, 2.45) is 0 Å². The van der Waals surface area contributed by atoms with Crippen LogP contribution in [0.5, 0.6) is 0 Å². The average Bonchev–Trinajstić information content (AvgIpc) is 3.56. The van der Waals surface area contributed by atoms with Gasteiger partial charge >= 0.3 is 0 Å². The second kappa shape index (κ2) is 9.32. The molecule has 2 heterocycles. The van der Waals surface area contributed by atoms with Crippen molar-refractivity contribution in [2.75, 3.05) is 0 Å². The largest absolute Gasteiger partial charge is 0.416 e. The van der Waals surface area contributed by atoms with Crippen LogP contribution in [0.15, 0.2) is 101 Å². The molecule has 0 saturated carbocycles. The van der Waals surface area contributed by atoms with Gasteiger partial charge in [0.05, 0.1) is 6.42 Å². The number of carbonyl (C=O) groups excluding carboxylic acids is 2. The van der Waals surface area contributed by atoms with E-state index >= 15 is 0 Å². The lowest BCUT2D eigenvalue weighted by Gasteiger charge is -2.05. The van der Waals surface area contributed by atoms with Crippen LogP contribution in [0.1, 0.15) is 34.1 Å². The third-order valence-electron chi connectivity index (χ3n) is 6.63. The maximum atomic E-state index is 13.0. The van der Waals surface area contributed by atoms with Gasteiger partial charge in [-0.25, -0.2) is 0 Å². The van der Waals surface area contributed by atoms with E-state index in [-0.39, 0.29) is 18.0 Å². The Kier molecular flexibility index (Phi) is 5.69. The zero-order chi connectivity index (χ0) is 25.4. The lowest BCUT2D eigenvalue weighted by atomic mass is 9.99. The fourth-order valence-electron chi connectivity index (χ4n) is 4.75. The van der Waals surface area contributed by atoms with Gasteiger partial charge in [0, 0.05) is 50.6 Å². The Labute approximate surface area is 213 Å². The van der Waals surface area contributed by atoms with Crippen LogP contribution in [0.2, 0.25) is 0 Å². The molecule has 6 aromatic rings. The SMILES string of the molecule is CCn1c2ccccc2c2cc(C(=O)CC(=O)c3ccc(-c4nnc(-c5ccccc5)o4)cc3)ccc21. The van der Waals surface area contributed by atoms with Gasteiger partial charge in [0.25, 0.3) is 0 Å². The molecule has 0 fully saturated rings. The Morgan fingerprint density at radius 2 is 1.27 bits per heavy atom. The van der Waals surface area contributed by atoms with Crippen molar-refractivity contribution >= 4 is 33.4 Å². The molecule has 0 saturated heterocycles. The maximum absolute atomic E-state index is 13.0. The number of para-hydroxylation sites is 1. The Hall–Kier alpha value is -4.84. The highest BCUT2D eigenvalue weighted by atomic mass is 16.4. The summed E-state index contributed by atoms with van der Waals surface area (Å²) in [6, 6.07) is 30.3. The van der Waals surface area contributed by atoms with Crippen molar-refractivity contribution in [1.29, 1.82) is 0 Å². The number of aryl methyl sites for hydroxylation is 1. The number of hydrogen-bond donors (Lipinski definition) is 0. The Morgan fingerprint density at radius 3 is 2.00 bits per heavy atom. The highest BCUT2D eigenvalue weighted by Crippen LogP contribution is 2.30. The quantitative estimate of drug-likeness (QED) is 0.180. The molecule has 0 spiro atoms. The van der Waals surface area contributed by atoms with Crippen LogP contribution in [0.3, 0.4) is 0 Å². The number of hydrogen-bond acceptors (Lipinski definition) is 5. The number of aromatic nitrogens is 3. The predicted octanol–water partition coefficient (Wildman–Crippen LogP) is 6.99. The molecule has 0 N–H and O–H groups in total. The fourth-order valence-corrected chi connectivity index (χ4v) is 4.75. The van der Waals surface area contributed by atoms with E-state index in [0.29, 0.717) is 28.5 Å². The molecule has 6 rings (SSSR count). The smallest absolute Gasteiger partial charge is 0.248 e. The molecule has 0 bridgehead atoms. The van der Waals surface area contributed by atoms with E-state index in [1.54, 1.807) is 24.3 Å². The molecule has 6 heteroatoms. The van der Waals surface area contributed by atoms with E-state index in [9.17, 15) is 9.59 Å². The summed E-state index contributed by atoms with van der Waals surface area (Å²) in [5.74, 6) is 0.366. The first kappa shape index (κ1) is 22.6. The summed E-state index contributed by atoms with van der Waals surface area (Å²) < 4.78 is 8.02. The number of ketones is 2. The molecule has 37 heavy (non-hydrogen) atoms. The van der Waals surface area contributed by atoms with Crippen LogP contribution < -0.4 is 0 Å². The third kappa shape index (κ3) is 4.12. The first-order valence-corrected chi connectivity index (χ1v) is 12.2. The molecule has 180 valence electrons. The number of benzene rings is 4. The molecule has 0 aliphatic carbocycles. The standard InChI is InChI=1S/C31H23N3O3/c1-2-34-26-11-7-6-10-24(26)25-18-23(16-17-27(25)34)29(36)19-28(35)20-12-14-22(15-13-20)31-33-32-30(37-31)21-8-4-3-5-9-21/h3-18H,2,19H2,1H3. The zero-order valence-corrected chi connectivity index (χ0v) is 20.2. The van der Waals surface area contributed by atoms with Crippen molar-refractivity contribution in [1.82, 2.24) is 14.8 Å². The monoisotopic (exact) mass is 485 g/mol. The summed E-state index contributed by atoms with van der Waals surface area (Å²) >= 11 is 0. The summed E-state index contributed by atoms with van der Waals surface area (Å²) in [6.45, 7) is 2.94. The highest BCUT2D eigenvalue weighted by Gasteiger charge is 2.17. The summed E-state index contributed by atoms with van der Waals surface area (Å²) in [6.07, 6.45) is -0.198. The molecule has 0 radical (unpaired) electrons. The van der Waals surface area contributed by atoms with E-state index in [2.05, 4.69) is 33.8 Å². The first-order valence-electron chi connectivity index (χ1n) is 12.2. The average molecular weight is 486 g/mol. The predicted molar refractivity (Wildman–Crippen MR) is 144 cm³/mol. The normalized spacial score (nSPS) is 11.3. The number of Topliss-reactive ketones (excluding diaryl/α,β-unsaturated/α-hetero) is 2. The van der Waals surface area contributed by atoms with E-state index in [4.69, 9.17) is 4.42 Å². The van der Waals surface area contributed by atoms with Crippen LogP contribution in [-0.2, 0) is 6.54 Å². The third-order valence-corrected chi connectivity index (χ3v) is 6.63. The van der Waals surface area contributed by atoms with Gasteiger partial charge in [-0.15, -0.1) is 10.2 Å². The summed E-state index contributed by atoms with van der Waals surface area (Å²) in [4.78, 5) is 26.0. The molecule has 6 nitrogen and oxygen atoms in total. The van der Waals surface area contributed by atoms with Crippen LogP contribution in [-0.4, -0.2) is 26.3 Å². The van der Waals surface area contributed by atoms with Gasteiger partial charge in [0.2, 0.25) is 11.8 Å². The number of rotatable bonds is 7. The van der Waals surface area contributed by atoms with Gasteiger partial charge in [-0.2, -0.15) is 0 Å². The van der Waals surface area contributed by atoms with Crippen molar-refractivity contribution in [3.8, 4) is 22.9 Å². The highest BCUT2D eigenvalue weighted by molar-refractivity contribution is 6.16. The number of carbonyl (C=O) groups is 2. The van der Waals surface area contributed by atoms with Crippen molar-refractivity contribution in [2.45, 2.75) is 19.9 Å². The van der Waals surface area contributed by atoms with Crippen LogP contribution in [0.4, 0.5) is 0 Å². The number of fused-ring (bicyclic) bond motifs is 3. The summed E-state index contributed by atoms with van der Waals surface area (Å²) in [7, 11) is 0. The topological polar surface area (TPSA) is 78.0 Å². The summed E-state index contributed by atoms with van der Waals surface area (Å²) in [5, 5.41) is 10.4. The Bertz CT molecular complexity index is 1760. The molecular formula is C31H23N3O3. The van der Waals surface area contributed by atoms with Gasteiger partial charge in [0.15, 0.2) is 11.6 Å². The van der Waals surface area contributed by atoms with E-state index in [1.165, 1.54) is 0 Å². The lowest BCUT2D eigenvalue weighted by Crippen LogP contribution is -2.08. The minimum Gasteiger partial charge on any atom is -0.416 e. The molecule has 4 aromatic carbocycles. The minimum absolute atomic E-state index is 0.198. The fraction of sp³-hybridized carbons (Fsp3) is 0.0968. The van der Waals surface area contributed by atoms with Crippen molar-refractivity contribution in [3.63, 3.8) is 0 Å². The molecule has 0 unspecified atom stereocenters. The van der Waals surface area contributed by atoms with Gasteiger partial charge in [-0.05, 0) is 55.5 Å². The van der Waals surface area contributed by atoms with Gasteiger partial charge in [0.1, 0.15) is 0 Å². The molecule has 2 aromatic heterocycles. The van der Waals surface area contributed by atoms with Crippen LogP contribution >= 0.6 is 0 Å². The zero-order valence-electron chi connectivity index (χ0n) is 20.2. The Balaban J connectivity index is 1.20. The second-order valence-corrected chi connectivity index (χ2v) is 8.87. The summed E-state index contributed by atoms with van der Waals surface area (Å²) in [5.41, 5.74) is 4.76. The molecular weight excluding hydrogens is 462 g/mol. The maximum Gasteiger partial charge on any atom is 0.248 e. The number of nitrogens with zero attached hydrogens (tertiary/aromatic N) is 3. The lowest BCUT2D eigenvalue weighted by molar-refractivity contribution is 0.0894. The minimum atomic E-state index is -0.233. The van der Waals surface area contributed by atoms with Crippen molar-refractivity contribution in [3.05, 3.63) is 108 Å². The van der Waals surface area contributed by atoms with Gasteiger partial charge in [-0.1, -0.05) is 48.5 Å². The second-order valence-electron chi connectivity index (χ2n) is 8.87. The molecule has 0 aliphatic rings. The van der Waals surface area contributed by atoms with Gasteiger partial charge < -0.3 is 8.98 Å². The molecule has 0 amide bonds. The van der Waals surface area contributed by atoms with E-state index in [1.807, 2.05) is 60.7 Å². The molecule has 0 aliphatic heterocycles. The van der Waals surface area contributed by atoms with Crippen molar-refractivity contribution < 1.29 is 14.0 Å².